The fourth-order valence-corrected chi connectivity index (χ4v) is 3.90. The van der Waals surface area contributed by atoms with Crippen molar-refractivity contribution < 1.29 is 9.53 Å². The number of likely N-dealkylation sites (tertiary alicyclic amines) is 1. The molecule has 0 saturated carbocycles. The Labute approximate surface area is 154 Å². The normalized spacial score (nSPS) is 16.3. The molecular weight excluding hydrogens is 366 g/mol. The van der Waals surface area contributed by atoms with E-state index in [-0.39, 0.29) is 5.97 Å². The van der Waals surface area contributed by atoms with Gasteiger partial charge in [0.2, 0.25) is 0 Å². The van der Waals surface area contributed by atoms with E-state index >= 15 is 0 Å². The molecule has 0 aromatic heterocycles. The Kier molecular flexibility index (Phi) is 8.26. The predicted octanol–water partition coefficient (Wildman–Crippen LogP) is 4.75. The van der Waals surface area contributed by atoms with Crippen LogP contribution >= 0.6 is 15.9 Å². The zero-order valence-electron chi connectivity index (χ0n) is 15.0. The van der Waals surface area contributed by atoms with Crippen LogP contribution in [0.2, 0.25) is 0 Å². The maximum atomic E-state index is 11.5. The zero-order chi connectivity index (χ0) is 17.4. The second kappa shape index (κ2) is 10.2. The average molecular weight is 396 g/mol. The van der Waals surface area contributed by atoms with Gasteiger partial charge in [-0.15, -0.1) is 0 Å². The highest BCUT2D eigenvalue weighted by atomic mass is 79.9. The SMILES string of the molecule is CCOC(=O)CN1CCC(CCCCc2cccc(Br)c2C)CC1. The van der Waals surface area contributed by atoms with Crippen molar-refractivity contribution in [1.82, 2.24) is 4.90 Å². The van der Waals surface area contributed by atoms with Gasteiger partial charge in [0.1, 0.15) is 0 Å². The van der Waals surface area contributed by atoms with Gasteiger partial charge >= 0.3 is 5.97 Å². The van der Waals surface area contributed by atoms with Gasteiger partial charge in [-0.2, -0.15) is 0 Å². The highest BCUT2D eigenvalue weighted by Gasteiger charge is 2.20. The van der Waals surface area contributed by atoms with E-state index in [0.717, 1.165) is 19.0 Å². The van der Waals surface area contributed by atoms with E-state index in [1.807, 2.05) is 6.92 Å². The summed E-state index contributed by atoms with van der Waals surface area (Å²) in [6, 6.07) is 6.49. The molecule has 0 atom stereocenters. The number of hydrogen-bond acceptors (Lipinski definition) is 3. The molecule has 3 nitrogen and oxygen atoms in total. The molecule has 1 aliphatic heterocycles. The van der Waals surface area contributed by atoms with Crippen LogP contribution in [0.15, 0.2) is 22.7 Å². The standard InChI is InChI=1S/C20H30BrNO2/c1-3-24-20(23)15-22-13-11-17(12-14-22)7-4-5-8-18-9-6-10-19(21)16(18)2/h6,9-10,17H,3-5,7-8,11-15H2,1-2H3. The van der Waals surface area contributed by atoms with Gasteiger partial charge in [-0.05, 0) is 75.7 Å². The summed E-state index contributed by atoms with van der Waals surface area (Å²) in [5.41, 5.74) is 2.85. The first kappa shape index (κ1) is 19.5. The van der Waals surface area contributed by atoms with Crippen molar-refractivity contribution >= 4 is 21.9 Å². The van der Waals surface area contributed by atoms with Crippen LogP contribution in [0.5, 0.6) is 0 Å². The van der Waals surface area contributed by atoms with Crippen molar-refractivity contribution in [3.8, 4) is 0 Å². The number of aryl methyl sites for hydroxylation is 1. The van der Waals surface area contributed by atoms with Gasteiger partial charge in [0.15, 0.2) is 0 Å². The first-order valence-electron chi connectivity index (χ1n) is 9.22. The Bertz CT molecular complexity index is 524. The molecule has 1 heterocycles. The molecule has 1 fully saturated rings. The minimum Gasteiger partial charge on any atom is -0.465 e. The molecular formula is C20H30BrNO2. The van der Waals surface area contributed by atoms with E-state index in [1.165, 1.54) is 54.1 Å². The minimum atomic E-state index is -0.0830. The minimum absolute atomic E-state index is 0.0830. The van der Waals surface area contributed by atoms with Crippen LogP contribution in [0.4, 0.5) is 0 Å². The van der Waals surface area contributed by atoms with Gasteiger partial charge in [-0.3, -0.25) is 9.69 Å². The first-order valence-corrected chi connectivity index (χ1v) is 10.0. The smallest absolute Gasteiger partial charge is 0.320 e. The van der Waals surface area contributed by atoms with Crippen LogP contribution in [0.25, 0.3) is 0 Å². The van der Waals surface area contributed by atoms with Gasteiger partial charge in [0.25, 0.3) is 0 Å². The number of halogens is 1. The Hall–Kier alpha value is -0.870. The highest BCUT2D eigenvalue weighted by Crippen LogP contribution is 2.24. The Morgan fingerprint density at radius 2 is 2.04 bits per heavy atom. The number of carbonyl (C=O) groups is 1. The fraction of sp³-hybridized carbons (Fsp3) is 0.650. The van der Waals surface area contributed by atoms with Crippen molar-refractivity contribution in [2.45, 2.75) is 52.4 Å². The van der Waals surface area contributed by atoms with Crippen molar-refractivity contribution in [2.75, 3.05) is 26.2 Å². The second-order valence-corrected chi connectivity index (χ2v) is 7.65. The molecule has 1 aliphatic rings. The monoisotopic (exact) mass is 395 g/mol. The number of benzene rings is 1. The van der Waals surface area contributed by atoms with Crippen LogP contribution in [-0.2, 0) is 16.0 Å². The molecule has 0 amide bonds. The molecule has 1 saturated heterocycles. The van der Waals surface area contributed by atoms with Crippen LogP contribution in [-0.4, -0.2) is 37.1 Å². The predicted molar refractivity (Wildman–Crippen MR) is 102 cm³/mol. The van der Waals surface area contributed by atoms with E-state index in [4.69, 9.17) is 4.74 Å². The van der Waals surface area contributed by atoms with Crippen molar-refractivity contribution in [2.24, 2.45) is 5.92 Å². The molecule has 0 aliphatic carbocycles. The number of hydrogen-bond donors (Lipinski definition) is 0. The molecule has 24 heavy (non-hydrogen) atoms. The van der Waals surface area contributed by atoms with Crippen molar-refractivity contribution in [3.63, 3.8) is 0 Å². The van der Waals surface area contributed by atoms with E-state index in [1.54, 1.807) is 0 Å². The third-order valence-corrected chi connectivity index (χ3v) is 5.91. The molecule has 0 radical (unpaired) electrons. The van der Waals surface area contributed by atoms with Crippen molar-refractivity contribution in [3.05, 3.63) is 33.8 Å². The number of unbranched alkanes of at least 4 members (excludes halogenated alkanes) is 1. The number of piperidine rings is 1. The average Bonchev–Trinajstić information content (AvgIpc) is 2.57. The van der Waals surface area contributed by atoms with Crippen LogP contribution < -0.4 is 0 Å². The number of nitrogens with zero attached hydrogens (tertiary/aromatic N) is 1. The van der Waals surface area contributed by atoms with Gasteiger partial charge in [-0.1, -0.05) is 40.9 Å². The molecule has 0 bridgehead atoms. The summed E-state index contributed by atoms with van der Waals surface area (Å²) in [5.74, 6) is 0.743. The van der Waals surface area contributed by atoms with Gasteiger partial charge in [0, 0.05) is 4.47 Å². The molecule has 1 aromatic carbocycles. The third-order valence-electron chi connectivity index (χ3n) is 5.05. The van der Waals surface area contributed by atoms with Crippen LogP contribution in [0.1, 0.15) is 50.2 Å². The summed E-state index contributed by atoms with van der Waals surface area (Å²) in [6.07, 6.45) is 7.49. The number of ether oxygens (including phenoxy) is 1. The summed E-state index contributed by atoms with van der Waals surface area (Å²) in [6.45, 7) is 7.07. The topological polar surface area (TPSA) is 29.5 Å². The van der Waals surface area contributed by atoms with E-state index in [9.17, 15) is 4.79 Å². The highest BCUT2D eigenvalue weighted by molar-refractivity contribution is 9.10. The largest absolute Gasteiger partial charge is 0.465 e. The Balaban J connectivity index is 1.61. The summed E-state index contributed by atoms with van der Waals surface area (Å²) >= 11 is 3.61. The molecule has 1 aromatic rings. The van der Waals surface area contributed by atoms with Gasteiger partial charge < -0.3 is 4.74 Å². The summed E-state index contributed by atoms with van der Waals surface area (Å²) in [7, 11) is 0. The quantitative estimate of drug-likeness (QED) is 0.469. The lowest BCUT2D eigenvalue weighted by atomic mass is 9.90. The maximum absolute atomic E-state index is 11.5. The molecule has 0 unspecified atom stereocenters. The molecule has 134 valence electrons. The lowest BCUT2D eigenvalue weighted by Crippen LogP contribution is -2.38. The van der Waals surface area contributed by atoms with Crippen LogP contribution in [0, 0.1) is 12.8 Å². The van der Waals surface area contributed by atoms with E-state index in [0.29, 0.717) is 13.2 Å². The third kappa shape index (κ3) is 6.21. The molecule has 0 spiro atoms. The number of rotatable bonds is 8. The number of esters is 1. The van der Waals surface area contributed by atoms with Crippen LogP contribution in [0.3, 0.4) is 0 Å². The van der Waals surface area contributed by atoms with Crippen molar-refractivity contribution in [1.29, 1.82) is 0 Å². The first-order chi connectivity index (χ1) is 11.6. The Morgan fingerprint density at radius 3 is 2.75 bits per heavy atom. The molecule has 0 N–H and O–H groups in total. The number of carbonyl (C=O) groups excluding carboxylic acids is 1. The second-order valence-electron chi connectivity index (χ2n) is 6.79. The Morgan fingerprint density at radius 1 is 1.29 bits per heavy atom. The molecule has 2 rings (SSSR count). The van der Waals surface area contributed by atoms with Gasteiger partial charge in [0.05, 0.1) is 13.2 Å². The van der Waals surface area contributed by atoms with Gasteiger partial charge in [-0.25, -0.2) is 0 Å². The molecule has 4 heteroatoms. The maximum Gasteiger partial charge on any atom is 0.320 e. The lowest BCUT2D eigenvalue weighted by molar-refractivity contribution is -0.144. The summed E-state index contributed by atoms with van der Waals surface area (Å²) in [4.78, 5) is 13.8. The fourth-order valence-electron chi connectivity index (χ4n) is 3.49. The summed E-state index contributed by atoms with van der Waals surface area (Å²) < 4.78 is 6.24. The van der Waals surface area contributed by atoms with E-state index in [2.05, 4.69) is 46.0 Å². The van der Waals surface area contributed by atoms with E-state index < -0.39 is 0 Å². The lowest BCUT2D eigenvalue weighted by Gasteiger charge is -2.31. The zero-order valence-corrected chi connectivity index (χ0v) is 16.6. The summed E-state index contributed by atoms with van der Waals surface area (Å²) in [5, 5.41) is 0.